The van der Waals surface area contributed by atoms with Crippen molar-refractivity contribution in [3.05, 3.63) is 46.0 Å². The van der Waals surface area contributed by atoms with E-state index in [1.165, 1.54) is 12.1 Å². The number of rotatable bonds is 4. The van der Waals surface area contributed by atoms with Crippen molar-refractivity contribution < 1.29 is 19.3 Å². The van der Waals surface area contributed by atoms with Crippen molar-refractivity contribution in [2.45, 2.75) is 13.3 Å². The van der Waals surface area contributed by atoms with Crippen LogP contribution in [0.2, 0.25) is 0 Å². The molecule has 2 bridgehead atoms. The number of aryl methyl sites for hydroxylation is 1. The molecule has 1 aliphatic heterocycles. The van der Waals surface area contributed by atoms with Crippen LogP contribution in [0.15, 0.2) is 30.4 Å². The van der Waals surface area contributed by atoms with Crippen LogP contribution in [-0.4, -0.2) is 34.1 Å². The van der Waals surface area contributed by atoms with E-state index >= 15 is 0 Å². The van der Waals surface area contributed by atoms with Crippen LogP contribution in [0.25, 0.3) is 0 Å². The number of imide groups is 1. The third-order valence-electron chi connectivity index (χ3n) is 6.68. The number of allylic oxidation sites excluding steroid dienone is 2. The van der Waals surface area contributed by atoms with Crippen molar-refractivity contribution in [2.24, 2.45) is 35.5 Å². The summed E-state index contributed by atoms with van der Waals surface area (Å²) in [6.45, 7) is 1.30. The molecule has 1 N–H and O–H groups in total. The van der Waals surface area contributed by atoms with E-state index in [1.807, 2.05) is 0 Å². The Bertz CT molecular complexity index is 935. The van der Waals surface area contributed by atoms with Gasteiger partial charge < -0.3 is 5.32 Å². The molecule has 3 amide bonds. The first-order valence-corrected chi connectivity index (χ1v) is 9.45. The van der Waals surface area contributed by atoms with Crippen LogP contribution in [0, 0.1) is 52.5 Å². The Morgan fingerprint density at radius 1 is 1.18 bits per heavy atom. The molecule has 1 heterocycles. The second-order valence-corrected chi connectivity index (χ2v) is 8.24. The van der Waals surface area contributed by atoms with E-state index < -0.39 is 17.4 Å². The molecule has 0 radical (unpaired) electrons. The number of carbonyl (C=O) groups is 3. The highest BCUT2D eigenvalue weighted by molar-refractivity contribution is 6.09. The maximum absolute atomic E-state index is 12.9. The van der Waals surface area contributed by atoms with Gasteiger partial charge in [0.1, 0.15) is 12.2 Å². The van der Waals surface area contributed by atoms with E-state index in [0.29, 0.717) is 17.4 Å². The first-order valence-electron chi connectivity index (χ1n) is 9.45. The molecule has 6 rings (SSSR count). The predicted molar refractivity (Wildman–Crippen MR) is 97.9 cm³/mol. The summed E-state index contributed by atoms with van der Waals surface area (Å²) < 4.78 is 0. The second kappa shape index (κ2) is 5.73. The standard InChI is InChI=1S/C20H19N3O5/c1-9-2-5-14(15(6-9)23(27)28)21-16(24)8-22-19(25)17-10-3-4-11(13-7-12(10)13)18(17)20(22)26/h2-6,10-13,17-18H,7-8H2,1H3,(H,21,24)/t10-,11-,12-,13-,17-,18+/m0/s1. The van der Waals surface area contributed by atoms with Gasteiger partial charge in [0.25, 0.3) is 5.69 Å². The Morgan fingerprint density at radius 2 is 1.79 bits per heavy atom. The van der Waals surface area contributed by atoms with Gasteiger partial charge in [-0.1, -0.05) is 18.2 Å². The van der Waals surface area contributed by atoms with Crippen LogP contribution in [0.5, 0.6) is 0 Å². The highest BCUT2D eigenvalue weighted by atomic mass is 16.6. The molecular formula is C20H19N3O5. The molecule has 8 heteroatoms. The second-order valence-electron chi connectivity index (χ2n) is 8.24. The molecule has 144 valence electrons. The van der Waals surface area contributed by atoms with Crippen LogP contribution in [0.4, 0.5) is 11.4 Å². The molecule has 8 nitrogen and oxygen atoms in total. The third-order valence-corrected chi connectivity index (χ3v) is 6.68. The summed E-state index contributed by atoms with van der Waals surface area (Å²) in [5.74, 6) is -0.695. The fourth-order valence-corrected chi connectivity index (χ4v) is 5.41. The number of anilines is 1. The summed E-state index contributed by atoms with van der Waals surface area (Å²) in [5.41, 5.74) is 0.531. The predicted octanol–water partition coefficient (Wildman–Crippen LogP) is 1.89. The van der Waals surface area contributed by atoms with E-state index in [-0.39, 0.29) is 46.9 Å². The number of nitrogens with one attached hydrogen (secondary N) is 1. The molecule has 1 aromatic carbocycles. The van der Waals surface area contributed by atoms with Gasteiger partial charge in [0.15, 0.2) is 0 Å². The fraction of sp³-hybridized carbons (Fsp3) is 0.450. The Morgan fingerprint density at radius 3 is 2.36 bits per heavy atom. The molecule has 0 spiro atoms. The number of hydrogen-bond acceptors (Lipinski definition) is 5. The summed E-state index contributed by atoms with van der Waals surface area (Å²) in [6.07, 6.45) is 5.22. The molecule has 6 atom stereocenters. The summed E-state index contributed by atoms with van der Waals surface area (Å²) in [6, 6.07) is 4.47. The van der Waals surface area contributed by atoms with Crippen LogP contribution >= 0.6 is 0 Å². The van der Waals surface area contributed by atoms with Crippen LogP contribution < -0.4 is 5.32 Å². The zero-order valence-corrected chi connectivity index (χ0v) is 15.2. The lowest BCUT2D eigenvalue weighted by molar-refractivity contribution is -0.384. The summed E-state index contributed by atoms with van der Waals surface area (Å²) in [7, 11) is 0. The van der Waals surface area contributed by atoms with Gasteiger partial charge in [-0.25, -0.2) is 0 Å². The Labute approximate surface area is 160 Å². The average molecular weight is 381 g/mol. The van der Waals surface area contributed by atoms with Crippen LogP contribution in [-0.2, 0) is 14.4 Å². The van der Waals surface area contributed by atoms with Gasteiger partial charge in [0.2, 0.25) is 17.7 Å². The Hall–Kier alpha value is -3.03. The number of hydrogen-bond donors (Lipinski definition) is 1. The molecule has 0 unspecified atom stereocenters. The number of likely N-dealkylation sites (tertiary alicyclic amines) is 1. The molecule has 3 fully saturated rings. The van der Waals surface area contributed by atoms with Gasteiger partial charge in [0, 0.05) is 6.07 Å². The molecule has 1 aromatic rings. The van der Waals surface area contributed by atoms with E-state index in [2.05, 4.69) is 17.5 Å². The quantitative estimate of drug-likeness (QED) is 0.371. The topological polar surface area (TPSA) is 110 Å². The van der Waals surface area contributed by atoms with E-state index in [4.69, 9.17) is 0 Å². The smallest absolute Gasteiger partial charge is 0.293 e. The molecule has 28 heavy (non-hydrogen) atoms. The lowest BCUT2D eigenvalue weighted by Gasteiger charge is -2.37. The van der Waals surface area contributed by atoms with Crippen LogP contribution in [0.1, 0.15) is 12.0 Å². The van der Waals surface area contributed by atoms with Crippen LogP contribution in [0.3, 0.4) is 0 Å². The van der Waals surface area contributed by atoms with Crippen molar-refractivity contribution in [2.75, 3.05) is 11.9 Å². The average Bonchev–Trinajstić information content (AvgIpc) is 3.44. The SMILES string of the molecule is Cc1ccc(NC(=O)CN2C(=O)[C@@H]3[C@H]4C=C[C@@H]([C@@H]5C[C@@H]45)[C@@H]3C2=O)c([N+](=O)[O-])c1. The molecule has 0 aromatic heterocycles. The lowest BCUT2D eigenvalue weighted by Crippen LogP contribution is -2.40. The van der Waals surface area contributed by atoms with E-state index in [0.717, 1.165) is 11.3 Å². The normalized spacial score (nSPS) is 34.2. The lowest BCUT2D eigenvalue weighted by atomic mass is 9.63. The molecule has 1 saturated heterocycles. The van der Waals surface area contributed by atoms with Crippen molar-refractivity contribution in [3.8, 4) is 0 Å². The molecule has 5 aliphatic rings. The van der Waals surface area contributed by atoms with Crippen molar-refractivity contribution in [3.63, 3.8) is 0 Å². The first kappa shape index (κ1) is 17.1. The van der Waals surface area contributed by atoms with Crippen molar-refractivity contribution >= 4 is 29.1 Å². The Balaban J connectivity index is 1.34. The third kappa shape index (κ3) is 2.33. The minimum absolute atomic E-state index is 0.0556. The minimum atomic E-state index is -0.613. The molecule has 2 saturated carbocycles. The van der Waals surface area contributed by atoms with Gasteiger partial charge in [-0.2, -0.15) is 0 Å². The highest BCUT2D eigenvalue weighted by Crippen LogP contribution is 2.65. The van der Waals surface area contributed by atoms with Gasteiger partial charge >= 0.3 is 0 Å². The highest BCUT2D eigenvalue weighted by Gasteiger charge is 2.67. The number of nitrogens with zero attached hydrogens (tertiary/aromatic N) is 2. The number of amides is 3. The number of nitro groups is 1. The summed E-state index contributed by atoms with van der Waals surface area (Å²) >= 11 is 0. The summed E-state index contributed by atoms with van der Waals surface area (Å²) in [5, 5.41) is 13.7. The maximum Gasteiger partial charge on any atom is 0.293 e. The first-order chi connectivity index (χ1) is 13.4. The zero-order chi connectivity index (χ0) is 19.7. The number of carbonyl (C=O) groups excluding carboxylic acids is 3. The number of nitro benzene ring substituents is 1. The minimum Gasteiger partial charge on any atom is -0.319 e. The zero-order valence-electron chi connectivity index (χ0n) is 15.2. The van der Waals surface area contributed by atoms with Gasteiger partial charge in [-0.3, -0.25) is 29.4 Å². The van der Waals surface area contributed by atoms with Gasteiger partial charge in [-0.05, 0) is 48.6 Å². The monoisotopic (exact) mass is 381 g/mol. The molecular weight excluding hydrogens is 362 g/mol. The van der Waals surface area contributed by atoms with Crippen molar-refractivity contribution in [1.29, 1.82) is 0 Å². The number of benzene rings is 1. The summed E-state index contributed by atoms with van der Waals surface area (Å²) in [4.78, 5) is 50.0. The maximum atomic E-state index is 12.9. The Kier molecular flexibility index (Phi) is 3.50. The molecule has 4 aliphatic carbocycles. The van der Waals surface area contributed by atoms with Gasteiger partial charge in [0.05, 0.1) is 16.8 Å². The van der Waals surface area contributed by atoms with Crippen molar-refractivity contribution in [1.82, 2.24) is 4.90 Å². The van der Waals surface area contributed by atoms with E-state index in [1.54, 1.807) is 13.0 Å². The van der Waals surface area contributed by atoms with Gasteiger partial charge in [-0.15, -0.1) is 0 Å². The van der Waals surface area contributed by atoms with E-state index in [9.17, 15) is 24.5 Å². The largest absolute Gasteiger partial charge is 0.319 e. The fourth-order valence-electron chi connectivity index (χ4n) is 5.41.